The molecule has 0 aliphatic heterocycles. The van der Waals surface area contributed by atoms with Crippen LogP contribution in [0.3, 0.4) is 0 Å². The normalized spacial score (nSPS) is 13.4. The van der Waals surface area contributed by atoms with Crippen molar-refractivity contribution in [3.05, 3.63) is 56.3 Å². The Balaban J connectivity index is 2.92. The molecule has 4 nitrogen and oxygen atoms in total. The van der Waals surface area contributed by atoms with Crippen LogP contribution in [0.15, 0.2) is 34.6 Å². The van der Waals surface area contributed by atoms with Crippen molar-refractivity contribution in [3.63, 3.8) is 0 Å². The van der Waals surface area contributed by atoms with Crippen molar-refractivity contribution in [3.8, 4) is 11.5 Å². The van der Waals surface area contributed by atoms with Crippen molar-refractivity contribution in [1.29, 1.82) is 0 Å². The van der Waals surface area contributed by atoms with Gasteiger partial charge in [0.05, 0.1) is 17.7 Å². The van der Waals surface area contributed by atoms with E-state index in [4.69, 9.17) is 16.3 Å². The van der Waals surface area contributed by atoms with Crippen LogP contribution in [0.4, 0.5) is 0 Å². The lowest BCUT2D eigenvalue weighted by Crippen LogP contribution is -1.96. The van der Waals surface area contributed by atoms with Crippen LogP contribution in [0.2, 0.25) is 5.02 Å². The highest BCUT2D eigenvalue weighted by Gasteiger charge is 2.19. The van der Waals surface area contributed by atoms with Gasteiger partial charge in [-0.15, -0.1) is 0 Å². The molecule has 1 aromatic carbocycles. The van der Waals surface area contributed by atoms with Crippen LogP contribution in [-0.4, -0.2) is 23.6 Å². The predicted molar refractivity (Wildman–Crippen MR) is 115 cm³/mol. The van der Waals surface area contributed by atoms with Crippen LogP contribution in [0, 0.1) is 6.92 Å². The number of hydrogen-bond acceptors (Lipinski definition) is 4. The molecule has 0 spiro atoms. The van der Waals surface area contributed by atoms with Gasteiger partial charge < -0.3 is 14.9 Å². The molecule has 2 N–H and O–H groups in total. The minimum atomic E-state index is -0.209. The van der Waals surface area contributed by atoms with Crippen LogP contribution < -0.4 is 0 Å². The summed E-state index contributed by atoms with van der Waals surface area (Å²) in [5, 5.41) is 20.6. The van der Waals surface area contributed by atoms with Crippen molar-refractivity contribution in [2.75, 3.05) is 7.11 Å². The number of rotatable bonds is 9. The first-order valence-electron chi connectivity index (χ1n) is 9.43. The number of aldehydes is 1. The SMILES string of the molecule is CC/C(C)=C(OC)\C(C)=C\CC/C(C)=C/Cc1c(O)c(Cl)c(C)c(C=O)c1O. The van der Waals surface area contributed by atoms with Gasteiger partial charge in [-0.05, 0) is 70.1 Å². The number of hydrogen-bond donors (Lipinski definition) is 2. The molecule has 0 radical (unpaired) electrons. The standard InChI is InChI=1S/C23H31ClO4/c1-7-15(3)23(28-6)16(4)10-8-9-14(2)11-12-18-21(26)19(13-25)17(5)20(24)22(18)27/h10-11,13,26-27H,7-9,12H2,1-6H3/b14-11+,16-10+,23-15+. The highest BCUT2D eigenvalue weighted by molar-refractivity contribution is 6.33. The van der Waals surface area contributed by atoms with E-state index in [1.807, 2.05) is 19.9 Å². The van der Waals surface area contributed by atoms with Crippen LogP contribution >= 0.6 is 11.6 Å². The molecule has 0 amide bonds. The Morgan fingerprint density at radius 2 is 1.79 bits per heavy atom. The zero-order valence-corrected chi connectivity index (χ0v) is 18.4. The van der Waals surface area contributed by atoms with E-state index < -0.39 is 0 Å². The molecule has 0 bridgehead atoms. The Labute approximate surface area is 173 Å². The van der Waals surface area contributed by atoms with Crippen molar-refractivity contribution in [2.45, 2.75) is 60.3 Å². The topological polar surface area (TPSA) is 66.8 Å². The first-order valence-corrected chi connectivity index (χ1v) is 9.81. The lowest BCUT2D eigenvalue weighted by molar-refractivity contribution is 0.112. The molecular formula is C23H31ClO4. The minimum absolute atomic E-state index is 0.102. The van der Waals surface area contributed by atoms with E-state index in [0.717, 1.165) is 36.2 Å². The summed E-state index contributed by atoms with van der Waals surface area (Å²) in [6.07, 6.45) is 7.57. The molecule has 0 aliphatic rings. The Kier molecular flexibility index (Phi) is 9.33. The van der Waals surface area contributed by atoms with Gasteiger partial charge in [0.15, 0.2) is 6.29 Å². The van der Waals surface area contributed by atoms with E-state index in [0.29, 0.717) is 18.3 Å². The molecule has 154 valence electrons. The summed E-state index contributed by atoms with van der Waals surface area (Å²) in [4.78, 5) is 11.2. The number of carbonyl (C=O) groups is 1. The van der Waals surface area contributed by atoms with Gasteiger partial charge in [0.25, 0.3) is 0 Å². The van der Waals surface area contributed by atoms with Gasteiger partial charge in [-0.2, -0.15) is 0 Å². The number of phenolic OH excluding ortho intramolecular Hbond substituents is 2. The third-order valence-electron chi connectivity index (χ3n) is 5.01. The molecule has 0 aromatic heterocycles. The third kappa shape index (κ3) is 5.65. The lowest BCUT2D eigenvalue weighted by Gasteiger charge is -2.13. The molecule has 0 fully saturated rings. The van der Waals surface area contributed by atoms with E-state index >= 15 is 0 Å². The van der Waals surface area contributed by atoms with Crippen molar-refractivity contribution in [2.24, 2.45) is 0 Å². The fourth-order valence-electron chi connectivity index (χ4n) is 3.04. The highest BCUT2D eigenvalue weighted by atomic mass is 35.5. The quantitative estimate of drug-likeness (QED) is 0.215. The van der Waals surface area contributed by atoms with Gasteiger partial charge in [-0.3, -0.25) is 4.79 Å². The molecule has 5 heteroatoms. The van der Waals surface area contributed by atoms with Crippen LogP contribution in [0.1, 0.15) is 68.4 Å². The average molecular weight is 407 g/mol. The van der Waals surface area contributed by atoms with Crippen LogP contribution in [-0.2, 0) is 11.2 Å². The van der Waals surface area contributed by atoms with Crippen LogP contribution in [0.5, 0.6) is 11.5 Å². The number of phenols is 2. The van der Waals surface area contributed by atoms with E-state index in [-0.39, 0.29) is 27.6 Å². The van der Waals surface area contributed by atoms with Gasteiger partial charge in [0.2, 0.25) is 0 Å². The van der Waals surface area contributed by atoms with Crippen LogP contribution in [0.25, 0.3) is 0 Å². The monoisotopic (exact) mass is 406 g/mol. The number of allylic oxidation sites excluding steroid dienone is 5. The molecule has 0 saturated heterocycles. The van der Waals surface area contributed by atoms with E-state index in [1.165, 1.54) is 5.57 Å². The Bertz CT molecular complexity index is 817. The summed E-state index contributed by atoms with van der Waals surface area (Å²) in [5.74, 6) is 0.556. The Morgan fingerprint density at radius 3 is 2.32 bits per heavy atom. The molecule has 0 saturated carbocycles. The fraction of sp³-hybridized carbons (Fsp3) is 0.435. The average Bonchev–Trinajstić information content (AvgIpc) is 2.67. The summed E-state index contributed by atoms with van der Waals surface area (Å²) in [5.41, 5.74) is 4.21. The number of methoxy groups -OCH3 is 1. The van der Waals surface area contributed by atoms with Crippen molar-refractivity contribution in [1.82, 2.24) is 0 Å². The molecule has 1 rings (SSSR count). The maximum absolute atomic E-state index is 11.2. The number of benzene rings is 1. The maximum Gasteiger partial charge on any atom is 0.154 e. The maximum atomic E-state index is 11.2. The Hall–Kier alpha value is -2.20. The molecule has 0 unspecified atom stereocenters. The van der Waals surface area contributed by atoms with Gasteiger partial charge in [-0.1, -0.05) is 36.2 Å². The molecule has 0 heterocycles. The highest BCUT2D eigenvalue weighted by Crippen LogP contribution is 2.40. The largest absolute Gasteiger partial charge is 0.507 e. The van der Waals surface area contributed by atoms with E-state index in [9.17, 15) is 15.0 Å². The number of carbonyl (C=O) groups excluding carboxylic acids is 1. The summed E-state index contributed by atoms with van der Waals surface area (Å²) in [6.45, 7) is 9.81. The summed E-state index contributed by atoms with van der Waals surface area (Å²) >= 11 is 6.09. The second kappa shape index (κ2) is 11.0. The van der Waals surface area contributed by atoms with Crippen molar-refractivity contribution < 1.29 is 19.7 Å². The molecule has 0 aliphatic carbocycles. The molecular weight excluding hydrogens is 376 g/mol. The molecule has 28 heavy (non-hydrogen) atoms. The van der Waals surface area contributed by atoms with E-state index in [2.05, 4.69) is 19.9 Å². The summed E-state index contributed by atoms with van der Waals surface area (Å²) < 4.78 is 5.50. The molecule has 0 atom stereocenters. The number of aromatic hydroxyl groups is 2. The number of halogens is 1. The van der Waals surface area contributed by atoms with Gasteiger partial charge in [0, 0.05) is 5.56 Å². The van der Waals surface area contributed by atoms with Crippen molar-refractivity contribution >= 4 is 17.9 Å². The fourth-order valence-corrected chi connectivity index (χ4v) is 3.25. The van der Waals surface area contributed by atoms with Gasteiger partial charge >= 0.3 is 0 Å². The third-order valence-corrected chi connectivity index (χ3v) is 5.47. The first-order chi connectivity index (χ1) is 13.2. The minimum Gasteiger partial charge on any atom is -0.507 e. The zero-order chi connectivity index (χ0) is 21.4. The number of ether oxygens (including phenoxy) is 1. The summed E-state index contributed by atoms with van der Waals surface area (Å²) in [7, 11) is 1.69. The zero-order valence-electron chi connectivity index (χ0n) is 17.6. The molecule has 1 aromatic rings. The second-order valence-electron chi connectivity index (χ2n) is 6.99. The second-order valence-corrected chi connectivity index (χ2v) is 7.37. The first kappa shape index (κ1) is 23.8. The van der Waals surface area contributed by atoms with Gasteiger partial charge in [0.1, 0.15) is 17.3 Å². The van der Waals surface area contributed by atoms with E-state index in [1.54, 1.807) is 14.0 Å². The predicted octanol–water partition coefficient (Wildman–Crippen LogP) is 6.42. The van der Waals surface area contributed by atoms with Gasteiger partial charge in [-0.25, -0.2) is 0 Å². The summed E-state index contributed by atoms with van der Waals surface area (Å²) in [6, 6.07) is 0. The lowest BCUT2D eigenvalue weighted by atomic mass is 9.99. The Morgan fingerprint density at radius 1 is 1.14 bits per heavy atom. The smallest absolute Gasteiger partial charge is 0.154 e.